The van der Waals surface area contributed by atoms with E-state index in [1.165, 1.54) is 20.6 Å². The first-order valence-corrected chi connectivity index (χ1v) is 6.96. The molecule has 1 N–H and O–H groups in total. The fourth-order valence-electron chi connectivity index (χ4n) is 1.56. The van der Waals surface area contributed by atoms with Gasteiger partial charge in [-0.25, -0.2) is 0 Å². The molecule has 0 bridgehead atoms. The van der Waals surface area contributed by atoms with Gasteiger partial charge in [0.15, 0.2) is 0 Å². The van der Waals surface area contributed by atoms with Gasteiger partial charge in [-0.1, -0.05) is 18.2 Å². The van der Waals surface area contributed by atoms with Crippen LogP contribution in [0, 0.1) is 6.92 Å². The molecule has 0 saturated heterocycles. The van der Waals surface area contributed by atoms with Crippen molar-refractivity contribution in [1.29, 1.82) is 0 Å². The molecule has 3 heteroatoms. The van der Waals surface area contributed by atoms with E-state index in [-0.39, 0.29) is 0 Å². The number of nitrogens with one attached hydrogen (secondary N) is 1. The summed E-state index contributed by atoms with van der Waals surface area (Å²) < 4.78 is 1.17. The molecule has 0 fully saturated rings. The van der Waals surface area contributed by atoms with Gasteiger partial charge >= 0.3 is 0 Å². The molecular formula is C13H14BrNS. The van der Waals surface area contributed by atoms with Crippen LogP contribution in [0.15, 0.2) is 40.2 Å². The molecule has 2 rings (SSSR count). The van der Waals surface area contributed by atoms with E-state index < -0.39 is 0 Å². The lowest BCUT2D eigenvalue weighted by Gasteiger charge is -2.09. The van der Waals surface area contributed by atoms with Gasteiger partial charge in [0.05, 0.1) is 0 Å². The Labute approximate surface area is 109 Å². The molecule has 0 aliphatic carbocycles. The van der Waals surface area contributed by atoms with Crippen molar-refractivity contribution in [2.45, 2.75) is 13.3 Å². The Hall–Kier alpha value is -0.800. The van der Waals surface area contributed by atoms with Crippen LogP contribution in [0.1, 0.15) is 10.4 Å². The van der Waals surface area contributed by atoms with Gasteiger partial charge in [-0.05, 0) is 52.4 Å². The average molecular weight is 296 g/mol. The van der Waals surface area contributed by atoms with Gasteiger partial charge in [0.2, 0.25) is 0 Å². The fourth-order valence-corrected chi connectivity index (χ4v) is 2.67. The molecule has 1 heterocycles. The zero-order valence-electron chi connectivity index (χ0n) is 9.16. The van der Waals surface area contributed by atoms with Gasteiger partial charge in [0, 0.05) is 21.6 Å². The SMILES string of the molecule is Cc1cccc(NCCc2cccs2)c1Br. The summed E-state index contributed by atoms with van der Waals surface area (Å²) in [5.41, 5.74) is 2.44. The van der Waals surface area contributed by atoms with Crippen LogP contribution >= 0.6 is 27.3 Å². The maximum atomic E-state index is 3.60. The summed E-state index contributed by atoms with van der Waals surface area (Å²) >= 11 is 5.41. The highest BCUT2D eigenvalue weighted by Crippen LogP contribution is 2.25. The molecule has 0 unspecified atom stereocenters. The van der Waals surface area contributed by atoms with E-state index in [0.29, 0.717) is 0 Å². The van der Waals surface area contributed by atoms with Crippen LogP contribution in [0.5, 0.6) is 0 Å². The minimum atomic E-state index is 0.975. The van der Waals surface area contributed by atoms with Crippen molar-refractivity contribution in [2.24, 2.45) is 0 Å². The van der Waals surface area contributed by atoms with Crippen molar-refractivity contribution >= 4 is 33.0 Å². The maximum absolute atomic E-state index is 3.60. The van der Waals surface area contributed by atoms with Gasteiger partial charge in [0.1, 0.15) is 0 Å². The summed E-state index contributed by atoms with van der Waals surface area (Å²) in [5, 5.41) is 5.57. The lowest BCUT2D eigenvalue weighted by Crippen LogP contribution is -2.04. The van der Waals surface area contributed by atoms with E-state index in [0.717, 1.165) is 13.0 Å². The van der Waals surface area contributed by atoms with Crippen LogP contribution in [0.3, 0.4) is 0 Å². The van der Waals surface area contributed by atoms with E-state index >= 15 is 0 Å². The van der Waals surface area contributed by atoms with Crippen LogP contribution < -0.4 is 5.32 Å². The second-order valence-corrected chi connectivity index (χ2v) is 5.52. The van der Waals surface area contributed by atoms with Gasteiger partial charge < -0.3 is 5.32 Å². The highest BCUT2D eigenvalue weighted by atomic mass is 79.9. The topological polar surface area (TPSA) is 12.0 Å². The normalized spacial score (nSPS) is 10.4. The predicted octanol–water partition coefficient (Wildman–Crippen LogP) is 4.47. The average Bonchev–Trinajstić information content (AvgIpc) is 2.77. The van der Waals surface area contributed by atoms with E-state index in [1.54, 1.807) is 0 Å². The van der Waals surface area contributed by atoms with Crippen molar-refractivity contribution in [2.75, 3.05) is 11.9 Å². The van der Waals surface area contributed by atoms with Crippen molar-refractivity contribution in [3.63, 3.8) is 0 Å². The molecule has 0 aliphatic rings. The zero-order valence-corrected chi connectivity index (χ0v) is 11.6. The smallest absolute Gasteiger partial charge is 0.0487 e. The first-order chi connectivity index (χ1) is 7.77. The molecule has 1 nitrogen and oxygen atoms in total. The first-order valence-electron chi connectivity index (χ1n) is 5.29. The maximum Gasteiger partial charge on any atom is 0.0487 e. The monoisotopic (exact) mass is 295 g/mol. The predicted molar refractivity (Wildman–Crippen MR) is 75.4 cm³/mol. The molecule has 1 aromatic heterocycles. The summed E-state index contributed by atoms with van der Waals surface area (Å²) in [7, 11) is 0. The number of thiophene rings is 1. The summed E-state index contributed by atoms with van der Waals surface area (Å²) in [6, 6.07) is 10.6. The molecule has 16 heavy (non-hydrogen) atoms. The first kappa shape index (κ1) is 11.7. The minimum absolute atomic E-state index is 0.975. The number of halogens is 1. The summed E-state index contributed by atoms with van der Waals surface area (Å²) in [4.78, 5) is 1.43. The van der Waals surface area contributed by atoms with E-state index in [2.05, 4.69) is 63.9 Å². The summed E-state index contributed by atoms with van der Waals surface area (Å²) in [5.74, 6) is 0. The van der Waals surface area contributed by atoms with Gasteiger partial charge in [-0.15, -0.1) is 11.3 Å². The van der Waals surface area contributed by atoms with Crippen LogP contribution in [0.25, 0.3) is 0 Å². The second kappa shape index (κ2) is 5.51. The van der Waals surface area contributed by atoms with Crippen molar-refractivity contribution in [3.05, 3.63) is 50.6 Å². The lowest BCUT2D eigenvalue weighted by molar-refractivity contribution is 1.04. The Morgan fingerprint density at radius 2 is 2.12 bits per heavy atom. The molecule has 0 amide bonds. The molecule has 0 saturated carbocycles. The molecular weight excluding hydrogens is 282 g/mol. The minimum Gasteiger partial charge on any atom is -0.384 e. The standard InChI is InChI=1S/C13H14BrNS/c1-10-4-2-6-12(13(10)14)15-8-7-11-5-3-9-16-11/h2-6,9,15H,7-8H2,1H3. The highest BCUT2D eigenvalue weighted by Gasteiger charge is 2.01. The Bertz CT molecular complexity index is 451. The molecule has 0 spiro atoms. The summed E-state index contributed by atoms with van der Waals surface area (Å²) in [6.45, 7) is 3.08. The van der Waals surface area contributed by atoms with E-state index in [1.807, 2.05) is 11.3 Å². The number of benzene rings is 1. The highest BCUT2D eigenvalue weighted by molar-refractivity contribution is 9.10. The molecule has 0 atom stereocenters. The lowest BCUT2D eigenvalue weighted by atomic mass is 10.2. The second-order valence-electron chi connectivity index (χ2n) is 3.69. The Morgan fingerprint density at radius 3 is 2.88 bits per heavy atom. The Morgan fingerprint density at radius 1 is 1.25 bits per heavy atom. The van der Waals surface area contributed by atoms with Crippen molar-refractivity contribution < 1.29 is 0 Å². The number of anilines is 1. The largest absolute Gasteiger partial charge is 0.384 e. The zero-order chi connectivity index (χ0) is 11.4. The Kier molecular flexibility index (Phi) is 4.02. The third-order valence-electron chi connectivity index (χ3n) is 2.46. The number of hydrogen-bond donors (Lipinski definition) is 1. The van der Waals surface area contributed by atoms with Gasteiger partial charge in [0.25, 0.3) is 0 Å². The van der Waals surface area contributed by atoms with E-state index in [4.69, 9.17) is 0 Å². The van der Waals surface area contributed by atoms with E-state index in [9.17, 15) is 0 Å². The Balaban J connectivity index is 1.92. The number of hydrogen-bond acceptors (Lipinski definition) is 2. The summed E-state index contributed by atoms with van der Waals surface area (Å²) in [6.07, 6.45) is 1.08. The molecule has 2 aromatic rings. The van der Waals surface area contributed by atoms with Gasteiger partial charge in [-0.2, -0.15) is 0 Å². The number of aryl methyl sites for hydroxylation is 1. The molecule has 0 aliphatic heterocycles. The molecule has 84 valence electrons. The third-order valence-corrected chi connectivity index (χ3v) is 4.45. The van der Waals surface area contributed by atoms with Crippen molar-refractivity contribution in [3.8, 4) is 0 Å². The van der Waals surface area contributed by atoms with Crippen LogP contribution in [-0.2, 0) is 6.42 Å². The van der Waals surface area contributed by atoms with Crippen LogP contribution in [0.2, 0.25) is 0 Å². The van der Waals surface area contributed by atoms with Crippen molar-refractivity contribution in [1.82, 2.24) is 0 Å². The van der Waals surface area contributed by atoms with Crippen LogP contribution in [0.4, 0.5) is 5.69 Å². The fraction of sp³-hybridized carbons (Fsp3) is 0.231. The molecule has 1 aromatic carbocycles. The van der Waals surface area contributed by atoms with Crippen LogP contribution in [-0.4, -0.2) is 6.54 Å². The quantitative estimate of drug-likeness (QED) is 0.877. The van der Waals surface area contributed by atoms with Gasteiger partial charge in [-0.3, -0.25) is 0 Å². The third kappa shape index (κ3) is 2.86. The molecule has 0 radical (unpaired) electrons. The number of rotatable bonds is 4.